The molecule has 3 rings (SSSR count). The van der Waals surface area contributed by atoms with E-state index in [0.717, 1.165) is 38.0 Å². The third-order valence-electron chi connectivity index (χ3n) is 3.97. The predicted molar refractivity (Wildman–Crippen MR) is 65.9 cm³/mol. The molecule has 5 nitrogen and oxygen atoms in total. The molecule has 0 aromatic carbocycles. The zero-order valence-electron chi connectivity index (χ0n) is 10.8. The highest BCUT2D eigenvalue weighted by atomic mass is 16.5. The summed E-state index contributed by atoms with van der Waals surface area (Å²) >= 11 is 0. The fourth-order valence-electron chi connectivity index (χ4n) is 2.79. The van der Waals surface area contributed by atoms with Crippen LogP contribution in [0.1, 0.15) is 31.9 Å². The molecule has 0 N–H and O–H groups in total. The summed E-state index contributed by atoms with van der Waals surface area (Å²) in [6.07, 6.45) is 6.64. The third-order valence-corrected chi connectivity index (χ3v) is 3.97. The number of imidazole rings is 1. The Labute approximate surface area is 107 Å². The summed E-state index contributed by atoms with van der Waals surface area (Å²) in [5.74, 6) is 0.134. The Kier molecular flexibility index (Phi) is 2.86. The number of nitrogens with zero attached hydrogens (tertiary/aromatic N) is 3. The van der Waals surface area contributed by atoms with Crippen LogP contribution in [-0.2, 0) is 22.6 Å². The van der Waals surface area contributed by atoms with Crippen molar-refractivity contribution in [1.29, 1.82) is 0 Å². The van der Waals surface area contributed by atoms with Gasteiger partial charge in [-0.25, -0.2) is 4.98 Å². The van der Waals surface area contributed by atoms with Crippen molar-refractivity contribution >= 4 is 5.91 Å². The van der Waals surface area contributed by atoms with Crippen LogP contribution in [0, 0.1) is 0 Å². The third kappa shape index (κ3) is 1.92. The summed E-state index contributed by atoms with van der Waals surface area (Å²) < 4.78 is 7.84. The zero-order chi connectivity index (χ0) is 12.6. The lowest BCUT2D eigenvalue weighted by Gasteiger charge is -2.38. The molecule has 0 bridgehead atoms. The Bertz CT molecular complexity index is 449. The standard InChI is InChI=1S/C13H19N3O2/c1-13(4-2-3-7-18-13)12(17)15-5-6-16-10-14-8-11(16)9-15/h8,10H,2-7,9H2,1H3/t13-/m0/s1. The zero-order valence-corrected chi connectivity index (χ0v) is 10.8. The van der Waals surface area contributed by atoms with Crippen LogP contribution in [0.15, 0.2) is 12.5 Å². The largest absolute Gasteiger partial charge is 0.365 e. The first-order valence-corrected chi connectivity index (χ1v) is 6.61. The van der Waals surface area contributed by atoms with Crippen LogP contribution in [0.2, 0.25) is 0 Å². The van der Waals surface area contributed by atoms with E-state index in [1.54, 1.807) is 0 Å². The molecule has 5 heteroatoms. The number of hydrogen-bond donors (Lipinski definition) is 0. The molecule has 1 aromatic heterocycles. The van der Waals surface area contributed by atoms with Crippen molar-refractivity contribution in [1.82, 2.24) is 14.5 Å². The Hall–Kier alpha value is -1.36. The Balaban J connectivity index is 1.74. The van der Waals surface area contributed by atoms with E-state index in [4.69, 9.17) is 4.74 Å². The predicted octanol–water partition coefficient (Wildman–Crippen LogP) is 1.18. The number of fused-ring (bicyclic) bond motifs is 1. The number of aromatic nitrogens is 2. The minimum absolute atomic E-state index is 0.134. The van der Waals surface area contributed by atoms with Gasteiger partial charge >= 0.3 is 0 Å². The second-order valence-electron chi connectivity index (χ2n) is 5.34. The van der Waals surface area contributed by atoms with Gasteiger partial charge in [0.1, 0.15) is 5.60 Å². The SMILES string of the molecule is C[C@@]1(C(=O)N2CCn3cncc3C2)CCCCO1. The molecule has 1 aromatic rings. The normalized spacial score (nSPS) is 27.9. The van der Waals surface area contributed by atoms with Crippen molar-refractivity contribution in [2.24, 2.45) is 0 Å². The number of amides is 1. The van der Waals surface area contributed by atoms with E-state index in [2.05, 4.69) is 9.55 Å². The topological polar surface area (TPSA) is 47.4 Å². The van der Waals surface area contributed by atoms with Gasteiger partial charge in [0.25, 0.3) is 5.91 Å². The van der Waals surface area contributed by atoms with Gasteiger partial charge in [0.2, 0.25) is 0 Å². The molecule has 3 heterocycles. The van der Waals surface area contributed by atoms with Crippen molar-refractivity contribution in [2.45, 2.75) is 44.9 Å². The summed E-state index contributed by atoms with van der Waals surface area (Å²) in [7, 11) is 0. The van der Waals surface area contributed by atoms with E-state index in [1.807, 2.05) is 24.3 Å². The molecule has 2 aliphatic rings. The van der Waals surface area contributed by atoms with Crippen LogP contribution in [0.25, 0.3) is 0 Å². The van der Waals surface area contributed by atoms with Crippen LogP contribution in [0.4, 0.5) is 0 Å². The van der Waals surface area contributed by atoms with Crippen molar-refractivity contribution < 1.29 is 9.53 Å². The number of carbonyl (C=O) groups is 1. The maximum absolute atomic E-state index is 12.6. The molecular formula is C13H19N3O2. The van der Waals surface area contributed by atoms with Gasteiger partial charge in [-0.3, -0.25) is 4.79 Å². The average molecular weight is 249 g/mol. The van der Waals surface area contributed by atoms with Crippen LogP contribution in [0.3, 0.4) is 0 Å². The fourth-order valence-corrected chi connectivity index (χ4v) is 2.79. The number of ether oxygens (including phenoxy) is 1. The van der Waals surface area contributed by atoms with E-state index >= 15 is 0 Å². The summed E-state index contributed by atoms with van der Waals surface area (Å²) in [6, 6.07) is 0. The van der Waals surface area contributed by atoms with Gasteiger partial charge in [-0.15, -0.1) is 0 Å². The molecule has 0 spiro atoms. The highest BCUT2D eigenvalue weighted by Gasteiger charge is 2.39. The number of hydrogen-bond acceptors (Lipinski definition) is 3. The number of rotatable bonds is 1. The Morgan fingerprint density at radius 2 is 2.33 bits per heavy atom. The van der Waals surface area contributed by atoms with E-state index in [-0.39, 0.29) is 5.91 Å². The number of carbonyl (C=O) groups excluding carboxylic acids is 1. The van der Waals surface area contributed by atoms with Gasteiger partial charge < -0.3 is 14.2 Å². The van der Waals surface area contributed by atoms with Crippen LogP contribution >= 0.6 is 0 Å². The minimum Gasteiger partial charge on any atom is -0.365 e. The van der Waals surface area contributed by atoms with Gasteiger partial charge in [-0.05, 0) is 26.2 Å². The van der Waals surface area contributed by atoms with E-state index in [0.29, 0.717) is 13.2 Å². The van der Waals surface area contributed by atoms with E-state index < -0.39 is 5.60 Å². The summed E-state index contributed by atoms with van der Waals surface area (Å²) in [5, 5.41) is 0. The highest BCUT2D eigenvalue weighted by molar-refractivity contribution is 5.85. The molecule has 98 valence electrons. The van der Waals surface area contributed by atoms with Crippen molar-refractivity contribution in [2.75, 3.05) is 13.2 Å². The average Bonchev–Trinajstić information content (AvgIpc) is 2.86. The molecular weight excluding hydrogens is 230 g/mol. The molecule has 18 heavy (non-hydrogen) atoms. The lowest BCUT2D eigenvalue weighted by atomic mass is 9.94. The van der Waals surface area contributed by atoms with Crippen LogP contribution in [-0.4, -0.2) is 39.1 Å². The first kappa shape index (κ1) is 11.7. The van der Waals surface area contributed by atoms with E-state index in [9.17, 15) is 4.79 Å². The molecule has 1 amide bonds. The minimum atomic E-state index is -0.611. The highest BCUT2D eigenvalue weighted by Crippen LogP contribution is 2.28. The van der Waals surface area contributed by atoms with Gasteiger partial charge in [0.05, 0.1) is 18.6 Å². The van der Waals surface area contributed by atoms with Gasteiger partial charge in [-0.2, -0.15) is 0 Å². The molecule has 2 aliphatic heterocycles. The first-order chi connectivity index (χ1) is 8.69. The molecule has 1 saturated heterocycles. The second-order valence-corrected chi connectivity index (χ2v) is 5.34. The Morgan fingerprint density at radius 3 is 3.11 bits per heavy atom. The van der Waals surface area contributed by atoms with Crippen molar-refractivity contribution in [3.63, 3.8) is 0 Å². The lowest BCUT2D eigenvalue weighted by Crippen LogP contribution is -2.52. The molecule has 1 atom stereocenters. The first-order valence-electron chi connectivity index (χ1n) is 6.61. The maximum atomic E-state index is 12.6. The van der Waals surface area contributed by atoms with E-state index in [1.165, 1.54) is 0 Å². The second kappa shape index (κ2) is 4.39. The van der Waals surface area contributed by atoms with Gasteiger partial charge in [0.15, 0.2) is 0 Å². The van der Waals surface area contributed by atoms with Gasteiger partial charge in [0, 0.05) is 25.9 Å². The summed E-state index contributed by atoms with van der Waals surface area (Å²) in [4.78, 5) is 18.6. The monoisotopic (exact) mass is 249 g/mol. The molecule has 0 saturated carbocycles. The summed E-state index contributed by atoms with van der Waals surface area (Å²) in [6.45, 7) is 4.87. The quantitative estimate of drug-likeness (QED) is 0.751. The smallest absolute Gasteiger partial charge is 0.254 e. The van der Waals surface area contributed by atoms with Crippen molar-refractivity contribution in [3.8, 4) is 0 Å². The lowest BCUT2D eigenvalue weighted by molar-refractivity contribution is -0.163. The van der Waals surface area contributed by atoms with Crippen LogP contribution in [0.5, 0.6) is 0 Å². The maximum Gasteiger partial charge on any atom is 0.254 e. The summed E-state index contributed by atoms with van der Waals surface area (Å²) in [5.41, 5.74) is 0.495. The fraction of sp³-hybridized carbons (Fsp3) is 0.692. The molecule has 0 unspecified atom stereocenters. The molecule has 1 fully saturated rings. The van der Waals surface area contributed by atoms with Crippen molar-refractivity contribution in [3.05, 3.63) is 18.2 Å². The van der Waals surface area contributed by atoms with Gasteiger partial charge in [-0.1, -0.05) is 0 Å². The molecule has 0 aliphatic carbocycles. The molecule has 0 radical (unpaired) electrons. The Morgan fingerprint density at radius 1 is 1.44 bits per heavy atom. The van der Waals surface area contributed by atoms with Crippen LogP contribution < -0.4 is 0 Å².